The van der Waals surface area contributed by atoms with E-state index in [1.165, 1.54) is 0 Å². The van der Waals surface area contributed by atoms with E-state index < -0.39 is 5.54 Å². The average molecular weight is 332 g/mol. The van der Waals surface area contributed by atoms with E-state index >= 15 is 0 Å². The van der Waals surface area contributed by atoms with E-state index in [4.69, 9.17) is 4.52 Å². The standard InChI is InChI=1S/C16H24N6O2/c1-12-18-14(20-24-12)9-21-5-7-22(8-6-21)10-15(23)19-16(2,11-17)13-3-4-13/h13H,3-10H2,1-2H3,(H,19,23). The molecule has 8 heteroatoms. The molecule has 1 unspecified atom stereocenters. The zero-order valence-corrected chi connectivity index (χ0v) is 14.3. The highest BCUT2D eigenvalue weighted by Crippen LogP contribution is 2.39. The number of piperazine rings is 1. The van der Waals surface area contributed by atoms with Crippen molar-refractivity contribution in [1.29, 1.82) is 5.26 Å². The molecule has 1 saturated heterocycles. The highest BCUT2D eigenvalue weighted by atomic mass is 16.5. The molecule has 1 amide bonds. The van der Waals surface area contributed by atoms with Gasteiger partial charge in [0.1, 0.15) is 5.54 Å². The summed E-state index contributed by atoms with van der Waals surface area (Å²) in [7, 11) is 0. The summed E-state index contributed by atoms with van der Waals surface area (Å²) in [5, 5.41) is 16.2. The van der Waals surface area contributed by atoms with Gasteiger partial charge in [-0.15, -0.1) is 0 Å². The number of hydrogen-bond donors (Lipinski definition) is 1. The summed E-state index contributed by atoms with van der Waals surface area (Å²) < 4.78 is 4.98. The number of carbonyl (C=O) groups excluding carboxylic acids is 1. The predicted molar refractivity (Wildman–Crippen MR) is 85.6 cm³/mol. The normalized spacial score (nSPS) is 21.9. The van der Waals surface area contributed by atoms with Crippen molar-refractivity contribution in [2.45, 2.75) is 38.8 Å². The van der Waals surface area contributed by atoms with Crippen LogP contribution in [0.5, 0.6) is 0 Å². The van der Waals surface area contributed by atoms with Crippen LogP contribution in [0.1, 0.15) is 31.5 Å². The largest absolute Gasteiger partial charge is 0.340 e. The maximum absolute atomic E-state index is 12.2. The van der Waals surface area contributed by atoms with Crippen molar-refractivity contribution in [2.24, 2.45) is 5.92 Å². The lowest BCUT2D eigenvalue weighted by molar-refractivity contribution is -0.124. The van der Waals surface area contributed by atoms with Gasteiger partial charge in [-0.1, -0.05) is 5.16 Å². The maximum Gasteiger partial charge on any atom is 0.235 e. The second-order valence-electron chi connectivity index (χ2n) is 6.92. The predicted octanol–water partition coefficient (Wildman–Crippen LogP) is 0.304. The van der Waals surface area contributed by atoms with Gasteiger partial charge in [0.15, 0.2) is 5.82 Å². The Hall–Kier alpha value is -1.98. The van der Waals surface area contributed by atoms with Gasteiger partial charge in [0, 0.05) is 33.1 Å². The molecule has 2 heterocycles. The van der Waals surface area contributed by atoms with Crippen molar-refractivity contribution in [3.05, 3.63) is 11.7 Å². The molecule has 1 aliphatic heterocycles. The lowest BCUT2D eigenvalue weighted by Crippen LogP contribution is -2.53. The van der Waals surface area contributed by atoms with Crippen LogP contribution in [-0.4, -0.2) is 64.1 Å². The van der Waals surface area contributed by atoms with E-state index in [9.17, 15) is 10.1 Å². The van der Waals surface area contributed by atoms with Gasteiger partial charge in [0.05, 0.1) is 19.2 Å². The SMILES string of the molecule is Cc1nc(CN2CCN(CC(=O)NC(C)(C#N)C3CC3)CC2)no1. The van der Waals surface area contributed by atoms with Crippen LogP contribution in [0, 0.1) is 24.2 Å². The molecule has 3 rings (SSSR count). The number of nitrogens with zero attached hydrogens (tertiary/aromatic N) is 5. The Morgan fingerprint density at radius 3 is 2.58 bits per heavy atom. The van der Waals surface area contributed by atoms with Crippen LogP contribution in [0.15, 0.2) is 4.52 Å². The molecule has 2 fully saturated rings. The molecule has 1 atom stereocenters. The summed E-state index contributed by atoms with van der Waals surface area (Å²) >= 11 is 0. The Labute approximate surface area is 141 Å². The molecule has 0 bridgehead atoms. The van der Waals surface area contributed by atoms with Gasteiger partial charge in [-0.2, -0.15) is 10.2 Å². The Morgan fingerprint density at radius 1 is 1.38 bits per heavy atom. The highest BCUT2D eigenvalue weighted by Gasteiger charge is 2.43. The van der Waals surface area contributed by atoms with Crippen molar-refractivity contribution < 1.29 is 9.32 Å². The molecule has 0 aromatic carbocycles. The van der Waals surface area contributed by atoms with E-state index in [-0.39, 0.29) is 5.91 Å². The number of rotatable bonds is 6. The van der Waals surface area contributed by atoms with Gasteiger partial charge in [0.2, 0.25) is 11.8 Å². The molecule has 2 aliphatic rings. The van der Waals surface area contributed by atoms with Crippen molar-refractivity contribution >= 4 is 5.91 Å². The lowest BCUT2D eigenvalue weighted by Gasteiger charge is -2.34. The average Bonchev–Trinajstić information content (AvgIpc) is 3.33. The Morgan fingerprint density at radius 2 is 2.04 bits per heavy atom. The molecule has 1 aromatic rings. The first kappa shape index (κ1) is 16.9. The maximum atomic E-state index is 12.2. The van der Waals surface area contributed by atoms with Crippen LogP contribution in [0.4, 0.5) is 0 Å². The van der Waals surface area contributed by atoms with E-state index in [1.807, 2.05) is 6.92 Å². The molecular weight excluding hydrogens is 308 g/mol. The number of nitriles is 1. The molecule has 1 saturated carbocycles. The van der Waals surface area contributed by atoms with Crippen LogP contribution in [0.2, 0.25) is 0 Å². The van der Waals surface area contributed by atoms with Crippen molar-refractivity contribution in [2.75, 3.05) is 32.7 Å². The molecule has 0 radical (unpaired) electrons. The minimum absolute atomic E-state index is 0.0619. The van der Waals surface area contributed by atoms with Gasteiger partial charge in [-0.3, -0.25) is 14.6 Å². The minimum Gasteiger partial charge on any atom is -0.340 e. The third-order valence-corrected chi connectivity index (χ3v) is 4.79. The summed E-state index contributed by atoms with van der Waals surface area (Å²) in [4.78, 5) is 20.8. The molecule has 1 aromatic heterocycles. The Balaban J connectivity index is 1.42. The summed E-state index contributed by atoms with van der Waals surface area (Å²) in [5.74, 6) is 1.53. The first-order chi connectivity index (χ1) is 11.5. The number of amides is 1. The van der Waals surface area contributed by atoms with Crippen LogP contribution in [0.3, 0.4) is 0 Å². The van der Waals surface area contributed by atoms with Gasteiger partial charge in [-0.05, 0) is 25.7 Å². The van der Waals surface area contributed by atoms with Gasteiger partial charge >= 0.3 is 0 Å². The van der Waals surface area contributed by atoms with E-state index in [2.05, 4.69) is 31.3 Å². The zero-order chi connectivity index (χ0) is 17.2. The number of aromatic nitrogens is 2. The van der Waals surface area contributed by atoms with E-state index in [0.717, 1.165) is 39.0 Å². The smallest absolute Gasteiger partial charge is 0.235 e. The van der Waals surface area contributed by atoms with Crippen molar-refractivity contribution in [3.63, 3.8) is 0 Å². The minimum atomic E-state index is -0.713. The molecule has 130 valence electrons. The lowest BCUT2D eigenvalue weighted by atomic mass is 9.98. The van der Waals surface area contributed by atoms with Gasteiger partial charge in [0.25, 0.3) is 0 Å². The second-order valence-corrected chi connectivity index (χ2v) is 6.92. The molecule has 8 nitrogen and oxygen atoms in total. The quantitative estimate of drug-likeness (QED) is 0.800. The first-order valence-corrected chi connectivity index (χ1v) is 8.44. The molecule has 0 spiro atoms. The van der Waals surface area contributed by atoms with Crippen LogP contribution >= 0.6 is 0 Å². The molecule has 1 N–H and O–H groups in total. The van der Waals surface area contributed by atoms with E-state index in [1.54, 1.807) is 6.92 Å². The van der Waals surface area contributed by atoms with Crippen LogP contribution in [-0.2, 0) is 11.3 Å². The van der Waals surface area contributed by atoms with Crippen LogP contribution < -0.4 is 5.32 Å². The number of hydrogen-bond acceptors (Lipinski definition) is 7. The molecular formula is C16H24N6O2. The van der Waals surface area contributed by atoms with E-state index in [0.29, 0.717) is 30.7 Å². The van der Waals surface area contributed by atoms with Gasteiger partial charge < -0.3 is 9.84 Å². The van der Waals surface area contributed by atoms with Crippen molar-refractivity contribution in [3.8, 4) is 6.07 Å². The Bertz CT molecular complexity index is 627. The monoisotopic (exact) mass is 332 g/mol. The fourth-order valence-electron chi connectivity index (χ4n) is 3.13. The third kappa shape index (κ3) is 4.10. The number of nitrogens with one attached hydrogen (secondary N) is 1. The Kier molecular flexibility index (Phi) is 4.83. The highest BCUT2D eigenvalue weighted by molar-refractivity contribution is 5.79. The summed E-state index contributed by atoms with van der Waals surface area (Å²) in [5.41, 5.74) is -0.713. The summed E-state index contributed by atoms with van der Waals surface area (Å²) in [6, 6.07) is 2.26. The zero-order valence-electron chi connectivity index (χ0n) is 14.3. The first-order valence-electron chi connectivity index (χ1n) is 8.44. The fourth-order valence-corrected chi connectivity index (χ4v) is 3.13. The number of aryl methyl sites for hydroxylation is 1. The van der Waals surface area contributed by atoms with Crippen molar-refractivity contribution in [1.82, 2.24) is 25.3 Å². The second kappa shape index (κ2) is 6.87. The summed E-state index contributed by atoms with van der Waals surface area (Å²) in [6.07, 6.45) is 2.05. The van der Waals surface area contributed by atoms with Gasteiger partial charge in [-0.25, -0.2) is 0 Å². The molecule has 24 heavy (non-hydrogen) atoms. The molecule has 1 aliphatic carbocycles. The number of carbonyl (C=O) groups is 1. The third-order valence-electron chi connectivity index (χ3n) is 4.79. The fraction of sp³-hybridized carbons (Fsp3) is 0.750. The summed E-state index contributed by atoms with van der Waals surface area (Å²) in [6.45, 7) is 7.98. The van der Waals surface area contributed by atoms with Crippen LogP contribution in [0.25, 0.3) is 0 Å². The topological polar surface area (TPSA) is 98.3 Å².